The number of hydrogen-bond acceptors (Lipinski definition) is 6. The number of benzene rings is 3. The Balaban J connectivity index is 1.51. The van der Waals surface area contributed by atoms with Crippen LogP contribution in [0.15, 0.2) is 70.1 Å². The number of halogens is 1. The van der Waals surface area contributed by atoms with E-state index in [-0.39, 0.29) is 11.8 Å². The molecule has 5 rings (SSSR count). The Bertz CT molecular complexity index is 1480. The first-order valence-corrected chi connectivity index (χ1v) is 14.0. The van der Waals surface area contributed by atoms with Gasteiger partial charge in [0.05, 0.1) is 18.6 Å². The molecule has 0 bridgehead atoms. The molecule has 7 nitrogen and oxygen atoms in total. The molecule has 1 aliphatic carbocycles. The van der Waals surface area contributed by atoms with Gasteiger partial charge in [-0.3, -0.25) is 14.7 Å². The largest absolute Gasteiger partial charge is 0.456 e. The lowest BCUT2D eigenvalue weighted by molar-refractivity contribution is -0.118. The standard InChI is InChI=1S/C31H35ClN4O3/c1-33-24-7-9-26-28(18-24)39-29-19-25(35(2)12-4-11-34-30(37)20-32)8-10-27(29)31(26)23-6-3-5-22(17-23)21-36-13-15-38-16-14-36/h3,5-10,17-19H,4,11-16,20-21H2,1-2H3,(H,34,37). The van der Waals surface area contributed by atoms with Gasteiger partial charge < -0.3 is 19.4 Å². The van der Waals surface area contributed by atoms with Crippen LogP contribution in [0, 0.1) is 0 Å². The van der Waals surface area contributed by atoms with Gasteiger partial charge in [-0.1, -0.05) is 18.2 Å². The first-order chi connectivity index (χ1) is 19.1. The van der Waals surface area contributed by atoms with Crippen molar-refractivity contribution in [2.45, 2.75) is 13.0 Å². The summed E-state index contributed by atoms with van der Waals surface area (Å²) in [6.45, 7) is 5.78. The van der Waals surface area contributed by atoms with Gasteiger partial charge in [-0.2, -0.15) is 0 Å². The van der Waals surface area contributed by atoms with Crippen molar-refractivity contribution in [2.24, 2.45) is 4.99 Å². The van der Waals surface area contributed by atoms with Crippen molar-refractivity contribution in [3.8, 4) is 22.5 Å². The van der Waals surface area contributed by atoms with Crippen LogP contribution in [0.3, 0.4) is 0 Å². The zero-order chi connectivity index (χ0) is 27.2. The van der Waals surface area contributed by atoms with Crippen LogP contribution in [0.4, 0.5) is 5.69 Å². The molecule has 0 radical (unpaired) electrons. The van der Waals surface area contributed by atoms with Gasteiger partial charge in [-0.15, -0.1) is 11.6 Å². The molecule has 0 spiro atoms. The highest BCUT2D eigenvalue weighted by molar-refractivity contribution is 6.27. The highest BCUT2D eigenvalue weighted by Crippen LogP contribution is 2.41. The van der Waals surface area contributed by atoms with Gasteiger partial charge in [0, 0.05) is 81.2 Å². The van der Waals surface area contributed by atoms with E-state index in [1.54, 1.807) is 7.05 Å². The number of nitrogens with zero attached hydrogens (tertiary/aromatic N) is 3. The molecule has 2 heterocycles. The molecule has 0 aromatic heterocycles. The third-order valence-corrected chi connectivity index (χ3v) is 7.47. The summed E-state index contributed by atoms with van der Waals surface area (Å²) in [6.07, 6.45) is 0.814. The molecule has 204 valence electrons. The summed E-state index contributed by atoms with van der Waals surface area (Å²) in [5.41, 5.74) is 6.56. The first-order valence-electron chi connectivity index (χ1n) is 13.4. The van der Waals surface area contributed by atoms with E-state index in [0.717, 1.165) is 84.7 Å². The van der Waals surface area contributed by atoms with Crippen LogP contribution < -0.4 is 15.6 Å². The SMILES string of the molecule is CN=c1ccc2c(-c3cccc(CN4CCOCC4)c3)c3ccc(N(C)CCCNC(=O)CCl)cc3oc-2c1. The molecule has 1 amide bonds. The molecule has 1 fully saturated rings. The van der Waals surface area contributed by atoms with E-state index >= 15 is 0 Å². The lowest BCUT2D eigenvalue weighted by atomic mass is 9.92. The summed E-state index contributed by atoms with van der Waals surface area (Å²) in [6, 6.07) is 21.4. The predicted octanol–water partition coefficient (Wildman–Crippen LogP) is 4.75. The monoisotopic (exact) mass is 546 g/mol. The van der Waals surface area contributed by atoms with Gasteiger partial charge in [-0.25, -0.2) is 0 Å². The number of amides is 1. The highest BCUT2D eigenvalue weighted by Gasteiger charge is 2.19. The van der Waals surface area contributed by atoms with Gasteiger partial charge >= 0.3 is 0 Å². The molecule has 3 aliphatic rings. The summed E-state index contributed by atoms with van der Waals surface area (Å²) in [4.78, 5) is 20.4. The number of alkyl halides is 1. The topological polar surface area (TPSA) is 70.3 Å². The summed E-state index contributed by atoms with van der Waals surface area (Å²) >= 11 is 5.57. The minimum absolute atomic E-state index is 0.0124. The number of carbonyl (C=O) groups excluding carboxylic acids is 1. The lowest BCUT2D eigenvalue weighted by Gasteiger charge is -2.26. The molecule has 0 unspecified atom stereocenters. The molecular weight excluding hydrogens is 512 g/mol. The van der Waals surface area contributed by atoms with Crippen molar-refractivity contribution in [2.75, 3.05) is 64.3 Å². The molecule has 1 N–H and O–H groups in total. The van der Waals surface area contributed by atoms with Crippen molar-refractivity contribution in [1.82, 2.24) is 10.2 Å². The molecule has 2 aromatic carbocycles. The smallest absolute Gasteiger partial charge is 0.234 e. The Morgan fingerprint density at radius 1 is 1.10 bits per heavy atom. The Kier molecular flexibility index (Phi) is 8.81. The molecule has 0 atom stereocenters. The lowest BCUT2D eigenvalue weighted by Crippen LogP contribution is -2.35. The van der Waals surface area contributed by atoms with E-state index in [1.807, 2.05) is 12.1 Å². The molecule has 8 heteroatoms. The number of morpholine rings is 1. The van der Waals surface area contributed by atoms with E-state index in [0.29, 0.717) is 6.54 Å². The number of nitrogens with one attached hydrogen (secondary N) is 1. The van der Waals surface area contributed by atoms with Crippen LogP contribution in [-0.4, -0.2) is 70.2 Å². The fourth-order valence-corrected chi connectivity index (χ4v) is 5.21. The van der Waals surface area contributed by atoms with Gasteiger partial charge in [0.25, 0.3) is 0 Å². The second kappa shape index (κ2) is 12.6. The van der Waals surface area contributed by atoms with Crippen LogP contribution in [0.2, 0.25) is 0 Å². The van der Waals surface area contributed by atoms with E-state index in [1.165, 1.54) is 11.1 Å². The molecular formula is C31H35ClN4O3. The van der Waals surface area contributed by atoms with Crippen LogP contribution in [-0.2, 0) is 16.1 Å². The van der Waals surface area contributed by atoms with Crippen molar-refractivity contribution in [3.63, 3.8) is 0 Å². The fourth-order valence-electron chi connectivity index (χ4n) is 5.12. The van der Waals surface area contributed by atoms with E-state index in [2.05, 4.69) is 75.7 Å². The fraction of sp³-hybridized carbons (Fsp3) is 0.355. The third-order valence-electron chi connectivity index (χ3n) is 7.23. The number of ether oxygens (including phenoxy) is 1. The van der Waals surface area contributed by atoms with E-state index in [4.69, 9.17) is 20.8 Å². The van der Waals surface area contributed by atoms with Crippen LogP contribution in [0.1, 0.15) is 12.0 Å². The molecule has 2 aromatic rings. The number of anilines is 1. The minimum Gasteiger partial charge on any atom is -0.456 e. The Hall–Kier alpha value is -3.39. The average molecular weight is 547 g/mol. The predicted molar refractivity (Wildman–Crippen MR) is 157 cm³/mol. The quantitative estimate of drug-likeness (QED) is 0.186. The number of hydrogen-bond donors (Lipinski definition) is 1. The summed E-state index contributed by atoms with van der Waals surface area (Å²) < 4.78 is 12.0. The second-order valence-corrected chi connectivity index (χ2v) is 10.2. The van der Waals surface area contributed by atoms with E-state index < -0.39 is 0 Å². The Morgan fingerprint density at radius 2 is 1.95 bits per heavy atom. The van der Waals surface area contributed by atoms with E-state index in [9.17, 15) is 4.79 Å². The van der Waals surface area contributed by atoms with Gasteiger partial charge in [0.15, 0.2) is 0 Å². The molecule has 0 saturated carbocycles. The molecule has 39 heavy (non-hydrogen) atoms. The summed E-state index contributed by atoms with van der Waals surface area (Å²) in [7, 11) is 3.84. The zero-order valence-corrected chi connectivity index (χ0v) is 23.3. The number of fused-ring (bicyclic) bond motifs is 2. The highest BCUT2D eigenvalue weighted by atomic mass is 35.5. The summed E-state index contributed by atoms with van der Waals surface area (Å²) in [5.74, 6) is 0.653. The van der Waals surface area contributed by atoms with Crippen molar-refractivity contribution < 1.29 is 13.9 Å². The first kappa shape index (κ1) is 27.2. The minimum atomic E-state index is -0.143. The van der Waals surface area contributed by atoms with Crippen molar-refractivity contribution in [3.05, 3.63) is 71.6 Å². The van der Waals surface area contributed by atoms with Crippen LogP contribution >= 0.6 is 11.6 Å². The zero-order valence-electron chi connectivity index (χ0n) is 22.6. The maximum absolute atomic E-state index is 11.4. The normalized spacial score (nSPS) is 14.7. The number of carbonyl (C=O) groups is 1. The Labute approximate surface area is 234 Å². The summed E-state index contributed by atoms with van der Waals surface area (Å²) in [5, 5.41) is 4.77. The Morgan fingerprint density at radius 3 is 2.74 bits per heavy atom. The second-order valence-electron chi connectivity index (χ2n) is 9.91. The van der Waals surface area contributed by atoms with Gasteiger partial charge in [0.2, 0.25) is 5.91 Å². The van der Waals surface area contributed by atoms with Crippen molar-refractivity contribution >= 4 is 34.2 Å². The maximum Gasteiger partial charge on any atom is 0.234 e. The van der Waals surface area contributed by atoms with Crippen LogP contribution in [0.25, 0.3) is 33.4 Å². The molecule has 1 saturated heterocycles. The molecule has 2 aliphatic heterocycles. The van der Waals surface area contributed by atoms with Gasteiger partial charge in [0.1, 0.15) is 17.2 Å². The number of rotatable bonds is 9. The maximum atomic E-state index is 11.4. The third kappa shape index (κ3) is 6.44. The van der Waals surface area contributed by atoms with Gasteiger partial charge in [-0.05, 0) is 47.9 Å². The van der Waals surface area contributed by atoms with Crippen molar-refractivity contribution in [1.29, 1.82) is 0 Å². The average Bonchev–Trinajstić information content (AvgIpc) is 2.97. The van der Waals surface area contributed by atoms with Crippen LogP contribution in [0.5, 0.6) is 0 Å².